The first-order chi connectivity index (χ1) is 10.2. The molecule has 0 spiro atoms. The van der Waals surface area contributed by atoms with E-state index in [1.54, 1.807) is 0 Å². The second-order valence-electron chi connectivity index (χ2n) is 5.33. The number of benzene rings is 1. The van der Waals surface area contributed by atoms with Crippen LogP contribution in [0.25, 0.3) is 11.3 Å². The highest BCUT2D eigenvalue weighted by atomic mass is 35.5. The van der Waals surface area contributed by atoms with Gasteiger partial charge >= 0.3 is 0 Å². The van der Waals surface area contributed by atoms with Crippen LogP contribution in [0.2, 0.25) is 5.02 Å². The van der Waals surface area contributed by atoms with Gasteiger partial charge in [0.05, 0.1) is 11.9 Å². The van der Waals surface area contributed by atoms with Crippen LogP contribution in [-0.2, 0) is 11.2 Å². The van der Waals surface area contributed by atoms with Gasteiger partial charge in [-0.3, -0.25) is 0 Å². The molecule has 0 bridgehead atoms. The minimum atomic E-state index is 0.681. The Balaban J connectivity index is 1.86. The van der Waals surface area contributed by atoms with E-state index in [1.165, 1.54) is 0 Å². The van der Waals surface area contributed by atoms with E-state index in [2.05, 4.69) is 16.0 Å². The SMILES string of the molecule is Cc1cc(-c2cnc(CCCCCCC=O)[nH]2)ccc1Cl. The molecule has 2 rings (SSSR count). The van der Waals surface area contributed by atoms with Gasteiger partial charge in [0.15, 0.2) is 0 Å². The number of aromatic amines is 1. The molecule has 4 heteroatoms. The lowest BCUT2D eigenvalue weighted by Crippen LogP contribution is -1.89. The van der Waals surface area contributed by atoms with E-state index < -0.39 is 0 Å². The Labute approximate surface area is 130 Å². The van der Waals surface area contributed by atoms with Gasteiger partial charge in [0.1, 0.15) is 12.1 Å². The van der Waals surface area contributed by atoms with Crippen LogP contribution in [0.4, 0.5) is 0 Å². The lowest BCUT2D eigenvalue weighted by Gasteiger charge is -2.02. The maximum atomic E-state index is 10.2. The number of aryl methyl sites for hydroxylation is 2. The first-order valence-corrected chi connectivity index (χ1v) is 7.82. The summed E-state index contributed by atoms with van der Waals surface area (Å²) in [6, 6.07) is 5.99. The largest absolute Gasteiger partial charge is 0.342 e. The zero-order valence-electron chi connectivity index (χ0n) is 12.4. The summed E-state index contributed by atoms with van der Waals surface area (Å²) in [5, 5.41) is 0.786. The standard InChI is InChI=1S/C17H21ClN2O/c1-13-11-14(8-9-15(13)18)16-12-19-17(20-16)7-5-3-2-4-6-10-21/h8-12H,2-7H2,1H3,(H,19,20). The van der Waals surface area contributed by atoms with Crippen molar-refractivity contribution in [1.29, 1.82) is 0 Å². The molecule has 0 aliphatic carbocycles. The van der Waals surface area contributed by atoms with Crippen LogP contribution >= 0.6 is 11.6 Å². The molecule has 0 saturated heterocycles. The molecule has 1 N–H and O–H groups in total. The van der Waals surface area contributed by atoms with Crippen molar-refractivity contribution >= 4 is 17.9 Å². The van der Waals surface area contributed by atoms with Crippen molar-refractivity contribution in [2.24, 2.45) is 0 Å². The minimum absolute atomic E-state index is 0.681. The fourth-order valence-corrected chi connectivity index (χ4v) is 2.44. The smallest absolute Gasteiger partial charge is 0.119 e. The van der Waals surface area contributed by atoms with Gasteiger partial charge in [0.25, 0.3) is 0 Å². The highest BCUT2D eigenvalue weighted by molar-refractivity contribution is 6.31. The van der Waals surface area contributed by atoms with E-state index in [0.717, 1.165) is 66.1 Å². The number of aldehydes is 1. The molecular formula is C17H21ClN2O. The average Bonchev–Trinajstić information content (AvgIpc) is 2.94. The Morgan fingerprint density at radius 1 is 1.24 bits per heavy atom. The minimum Gasteiger partial charge on any atom is -0.342 e. The van der Waals surface area contributed by atoms with E-state index in [4.69, 9.17) is 11.6 Å². The molecule has 3 nitrogen and oxygen atoms in total. The van der Waals surface area contributed by atoms with Crippen LogP contribution in [0.1, 0.15) is 43.5 Å². The normalized spacial score (nSPS) is 10.8. The third-order valence-corrected chi connectivity index (χ3v) is 4.01. The van der Waals surface area contributed by atoms with Crippen molar-refractivity contribution in [2.75, 3.05) is 0 Å². The van der Waals surface area contributed by atoms with Gasteiger partial charge in [-0.1, -0.05) is 30.5 Å². The first-order valence-electron chi connectivity index (χ1n) is 7.45. The topological polar surface area (TPSA) is 45.8 Å². The van der Waals surface area contributed by atoms with Crippen molar-refractivity contribution in [3.63, 3.8) is 0 Å². The second kappa shape index (κ2) is 7.99. The number of imidazole rings is 1. The Morgan fingerprint density at radius 2 is 2.05 bits per heavy atom. The van der Waals surface area contributed by atoms with Gasteiger partial charge in [-0.25, -0.2) is 4.98 Å². The van der Waals surface area contributed by atoms with Crippen molar-refractivity contribution < 1.29 is 4.79 Å². The molecule has 0 aliphatic heterocycles. The van der Waals surface area contributed by atoms with E-state index in [0.29, 0.717) is 6.42 Å². The summed E-state index contributed by atoms with van der Waals surface area (Å²) in [4.78, 5) is 18.0. The molecule has 0 atom stereocenters. The van der Waals surface area contributed by atoms with E-state index in [9.17, 15) is 4.79 Å². The van der Waals surface area contributed by atoms with Crippen molar-refractivity contribution in [3.05, 3.63) is 40.8 Å². The van der Waals surface area contributed by atoms with Gasteiger partial charge in [0.2, 0.25) is 0 Å². The number of halogens is 1. The number of aromatic nitrogens is 2. The molecule has 1 heterocycles. The van der Waals surface area contributed by atoms with Crippen molar-refractivity contribution in [2.45, 2.75) is 45.4 Å². The molecule has 0 saturated carbocycles. The number of carbonyl (C=O) groups excluding carboxylic acids is 1. The van der Waals surface area contributed by atoms with E-state index in [1.807, 2.05) is 25.3 Å². The molecule has 0 unspecified atom stereocenters. The number of nitrogens with one attached hydrogen (secondary N) is 1. The Morgan fingerprint density at radius 3 is 2.81 bits per heavy atom. The second-order valence-corrected chi connectivity index (χ2v) is 5.73. The Kier molecular flexibility index (Phi) is 6.00. The van der Waals surface area contributed by atoms with Crippen LogP contribution in [-0.4, -0.2) is 16.3 Å². The molecule has 21 heavy (non-hydrogen) atoms. The molecule has 0 aliphatic rings. The van der Waals surface area contributed by atoms with E-state index >= 15 is 0 Å². The molecule has 2 aromatic rings. The summed E-state index contributed by atoms with van der Waals surface area (Å²) in [6.07, 6.45) is 8.86. The van der Waals surface area contributed by atoms with Crippen LogP contribution in [0.5, 0.6) is 0 Å². The number of H-pyrrole nitrogens is 1. The summed E-state index contributed by atoms with van der Waals surface area (Å²) in [6.45, 7) is 2.00. The number of hydrogen-bond acceptors (Lipinski definition) is 2. The molecule has 1 aromatic carbocycles. The zero-order valence-corrected chi connectivity index (χ0v) is 13.1. The van der Waals surface area contributed by atoms with E-state index in [-0.39, 0.29) is 0 Å². The number of nitrogens with zero attached hydrogens (tertiary/aromatic N) is 1. The van der Waals surface area contributed by atoms with Gasteiger partial charge in [-0.15, -0.1) is 0 Å². The summed E-state index contributed by atoms with van der Waals surface area (Å²) >= 11 is 6.05. The number of unbranched alkanes of at least 4 members (excludes halogenated alkanes) is 4. The third-order valence-electron chi connectivity index (χ3n) is 3.58. The molecule has 1 aromatic heterocycles. The molecule has 0 fully saturated rings. The summed E-state index contributed by atoms with van der Waals surface area (Å²) in [5.41, 5.74) is 3.22. The van der Waals surface area contributed by atoms with Gasteiger partial charge in [-0.2, -0.15) is 0 Å². The number of hydrogen-bond donors (Lipinski definition) is 1. The quantitative estimate of drug-likeness (QED) is 0.566. The molecule has 0 radical (unpaired) electrons. The lowest BCUT2D eigenvalue weighted by atomic mass is 10.1. The van der Waals surface area contributed by atoms with Crippen LogP contribution in [0.3, 0.4) is 0 Å². The lowest BCUT2D eigenvalue weighted by molar-refractivity contribution is -0.107. The van der Waals surface area contributed by atoms with Gasteiger partial charge < -0.3 is 9.78 Å². The summed E-state index contributed by atoms with van der Waals surface area (Å²) in [7, 11) is 0. The maximum Gasteiger partial charge on any atom is 0.119 e. The highest BCUT2D eigenvalue weighted by Gasteiger charge is 2.05. The third kappa shape index (κ3) is 4.71. The fourth-order valence-electron chi connectivity index (χ4n) is 2.32. The van der Waals surface area contributed by atoms with Crippen molar-refractivity contribution in [1.82, 2.24) is 9.97 Å². The number of rotatable bonds is 8. The van der Waals surface area contributed by atoms with Crippen LogP contribution in [0, 0.1) is 6.92 Å². The van der Waals surface area contributed by atoms with Crippen molar-refractivity contribution in [3.8, 4) is 11.3 Å². The zero-order chi connectivity index (χ0) is 15.1. The molecule has 0 amide bonds. The fraction of sp³-hybridized carbons (Fsp3) is 0.412. The van der Waals surface area contributed by atoms with Crippen LogP contribution in [0.15, 0.2) is 24.4 Å². The molecular weight excluding hydrogens is 284 g/mol. The Hall–Kier alpha value is -1.61. The Bertz CT molecular complexity index is 592. The predicted octanol–water partition coefficient (Wildman–Crippen LogP) is 4.73. The average molecular weight is 305 g/mol. The summed E-state index contributed by atoms with van der Waals surface area (Å²) < 4.78 is 0. The van der Waals surface area contributed by atoms with Gasteiger partial charge in [0, 0.05) is 17.9 Å². The number of carbonyl (C=O) groups is 1. The molecule has 112 valence electrons. The maximum absolute atomic E-state index is 10.2. The van der Waals surface area contributed by atoms with Gasteiger partial charge in [-0.05, 0) is 43.0 Å². The highest BCUT2D eigenvalue weighted by Crippen LogP contribution is 2.23. The van der Waals surface area contributed by atoms with Crippen LogP contribution < -0.4 is 0 Å². The monoisotopic (exact) mass is 304 g/mol. The predicted molar refractivity (Wildman–Crippen MR) is 86.6 cm³/mol. The summed E-state index contributed by atoms with van der Waals surface area (Å²) in [5.74, 6) is 1.02. The first kappa shape index (κ1) is 15.8.